The van der Waals surface area contributed by atoms with Crippen molar-refractivity contribution in [2.75, 3.05) is 26.8 Å². The summed E-state index contributed by atoms with van der Waals surface area (Å²) in [5, 5.41) is 24.4. The van der Waals surface area contributed by atoms with Crippen LogP contribution in [0.2, 0.25) is 0 Å². The third-order valence-corrected chi connectivity index (χ3v) is 16.9. The number of carbonyl (C=O) groups is 2. The fourth-order valence-electron chi connectivity index (χ4n) is 13.7. The molecule has 7 heteroatoms. The molecule has 2 spiro atoms. The molecule has 2 bridgehead atoms. The van der Waals surface area contributed by atoms with E-state index in [4.69, 9.17) is 9.47 Å². The molecule has 2 aromatic carbocycles. The molecule has 9 rings (SSSR count). The van der Waals surface area contributed by atoms with Crippen molar-refractivity contribution in [1.82, 2.24) is 4.90 Å². The molecule has 57 heavy (non-hydrogen) atoms. The lowest BCUT2D eigenvalue weighted by atomic mass is 9.32. The molecule has 2 N–H and O–H groups in total. The van der Waals surface area contributed by atoms with Gasteiger partial charge < -0.3 is 24.6 Å². The number of aliphatic hydroxyl groups excluding tert-OH is 1. The van der Waals surface area contributed by atoms with Gasteiger partial charge in [0, 0.05) is 47.6 Å². The lowest BCUT2D eigenvalue weighted by molar-refractivity contribution is -0.175. The summed E-state index contributed by atoms with van der Waals surface area (Å²) in [6.45, 7) is 12.5. The van der Waals surface area contributed by atoms with E-state index in [9.17, 15) is 15.0 Å². The van der Waals surface area contributed by atoms with Crippen LogP contribution in [0, 0.1) is 51.2 Å². The van der Waals surface area contributed by atoms with Crippen LogP contribution in [0.4, 0.5) is 4.79 Å². The lowest BCUT2D eigenvalue weighted by Gasteiger charge is -2.71. The molecule has 7 aliphatic carbocycles. The van der Waals surface area contributed by atoms with Crippen LogP contribution in [0.5, 0.6) is 0 Å². The molecule has 11 atom stereocenters. The molecule has 308 valence electrons. The van der Waals surface area contributed by atoms with Crippen molar-refractivity contribution in [1.29, 1.82) is 0 Å². The monoisotopic (exact) mass is 777 g/mol. The summed E-state index contributed by atoms with van der Waals surface area (Å²) < 4.78 is 11.9. The second-order valence-electron chi connectivity index (χ2n) is 20.1. The second kappa shape index (κ2) is 15.1. The van der Waals surface area contributed by atoms with Crippen LogP contribution in [0.25, 0.3) is 11.1 Å². The van der Waals surface area contributed by atoms with E-state index in [1.807, 2.05) is 36.4 Å². The minimum atomic E-state index is -1.18. The molecule has 11 unspecified atom stereocenters. The Morgan fingerprint density at radius 2 is 1.60 bits per heavy atom. The zero-order valence-electron chi connectivity index (χ0n) is 35.3. The predicted octanol–water partition coefficient (Wildman–Crippen LogP) is 10.1. The number of allylic oxidation sites excluding steroid dienone is 4. The molecule has 2 aromatic rings. The van der Waals surface area contributed by atoms with Crippen LogP contribution in [-0.4, -0.2) is 71.6 Å². The van der Waals surface area contributed by atoms with Crippen molar-refractivity contribution in [3.8, 4) is 11.1 Å². The Balaban J connectivity index is 1.17. The van der Waals surface area contributed by atoms with Crippen molar-refractivity contribution in [2.45, 2.75) is 123 Å². The van der Waals surface area contributed by atoms with E-state index in [2.05, 4.69) is 71.0 Å². The highest BCUT2D eigenvalue weighted by molar-refractivity contribution is 6.14. The van der Waals surface area contributed by atoms with Gasteiger partial charge in [-0.05, 0) is 110 Å². The van der Waals surface area contributed by atoms with Gasteiger partial charge in [-0.1, -0.05) is 114 Å². The SMILES string of the molecule is COCCCN(CC1(O)CCC2C34C=CC5(C=C3C(=O)c3ccccc3-c3ccccc3)CC(O)CCC5(C)C4CCC21C)C(=O)OC1CC(C)CCC1C(C)C. The number of Topliss-reactive ketones (excluding diaryl/α,β-unsaturated/α-hetero) is 1. The quantitative estimate of drug-likeness (QED) is 0.134. The Bertz CT molecular complexity index is 1890. The second-order valence-corrected chi connectivity index (χ2v) is 20.1. The van der Waals surface area contributed by atoms with E-state index in [-0.39, 0.29) is 41.8 Å². The van der Waals surface area contributed by atoms with Gasteiger partial charge >= 0.3 is 6.09 Å². The number of hydrogen-bond donors (Lipinski definition) is 2. The fourth-order valence-corrected chi connectivity index (χ4v) is 13.7. The number of ether oxygens (including phenoxy) is 2. The van der Waals surface area contributed by atoms with Crippen molar-refractivity contribution in [3.63, 3.8) is 0 Å². The van der Waals surface area contributed by atoms with Gasteiger partial charge in [0.25, 0.3) is 0 Å². The summed E-state index contributed by atoms with van der Waals surface area (Å²) in [6.07, 6.45) is 15.1. The lowest BCUT2D eigenvalue weighted by Crippen LogP contribution is -2.67. The Kier molecular flexibility index (Phi) is 10.7. The first kappa shape index (κ1) is 40.5. The summed E-state index contributed by atoms with van der Waals surface area (Å²) in [4.78, 5) is 31.7. The van der Waals surface area contributed by atoms with Crippen molar-refractivity contribution in [3.05, 3.63) is 84.0 Å². The van der Waals surface area contributed by atoms with Crippen LogP contribution >= 0.6 is 0 Å². The van der Waals surface area contributed by atoms with Crippen LogP contribution in [0.3, 0.4) is 0 Å². The number of hydrogen-bond acceptors (Lipinski definition) is 6. The van der Waals surface area contributed by atoms with Crippen molar-refractivity contribution in [2.24, 2.45) is 51.2 Å². The van der Waals surface area contributed by atoms with Gasteiger partial charge in [0.15, 0.2) is 5.78 Å². The van der Waals surface area contributed by atoms with Crippen LogP contribution in [0.15, 0.2) is 78.4 Å². The summed E-state index contributed by atoms with van der Waals surface area (Å²) in [5.41, 5.74) is 0.565. The third-order valence-electron chi connectivity index (χ3n) is 16.9. The smallest absolute Gasteiger partial charge is 0.410 e. The standard InChI is InChI=1S/C50H67NO6/c1-33(2)37-18-17-34(3)29-41(37)57-45(54)51(27-12-28-56-6)32-49(55)24-21-43-47(49,5)23-20-42-46(4)22-19-36(52)30-48(46)25-26-50(42,43)40(31-48)44(53)39-16-11-10-15-38(39)35-13-8-7-9-14-35/h7-11,13-16,25-26,31,33-34,36-37,41-43,52,55H,12,17-24,27-30,32H2,1-6H3. The van der Waals surface area contributed by atoms with Crippen molar-refractivity contribution >= 4 is 11.9 Å². The Hall–Kier alpha value is -3.26. The predicted molar refractivity (Wildman–Crippen MR) is 224 cm³/mol. The van der Waals surface area contributed by atoms with E-state index in [1.54, 1.807) is 12.0 Å². The number of aliphatic hydroxyl groups is 2. The van der Waals surface area contributed by atoms with Gasteiger partial charge in [0.1, 0.15) is 6.10 Å². The highest BCUT2D eigenvalue weighted by Crippen LogP contribution is 2.78. The Labute approximate surface area is 341 Å². The topological polar surface area (TPSA) is 96.3 Å². The van der Waals surface area contributed by atoms with E-state index in [1.165, 1.54) is 0 Å². The van der Waals surface area contributed by atoms with Gasteiger partial charge in [-0.2, -0.15) is 0 Å². The van der Waals surface area contributed by atoms with Crippen LogP contribution < -0.4 is 0 Å². The molecule has 0 heterocycles. The van der Waals surface area contributed by atoms with Gasteiger partial charge in [-0.3, -0.25) is 4.79 Å². The summed E-state index contributed by atoms with van der Waals surface area (Å²) in [7, 11) is 1.68. The van der Waals surface area contributed by atoms with E-state index in [0.717, 1.165) is 68.1 Å². The molecular weight excluding hydrogens is 711 g/mol. The molecule has 0 saturated heterocycles. The summed E-state index contributed by atoms with van der Waals surface area (Å²) in [5.74, 6) is 1.46. The summed E-state index contributed by atoms with van der Waals surface area (Å²) >= 11 is 0. The average Bonchev–Trinajstić information content (AvgIpc) is 3.47. The maximum atomic E-state index is 15.5. The first-order chi connectivity index (χ1) is 27.2. The van der Waals surface area contributed by atoms with Crippen LogP contribution in [0.1, 0.15) is 116 Å². The van der Waals surface area contributed by atoms with E-state index >= 15 is 4.79 Å². The number of ketones is 1. The maximum Gasteiger partial charge on any atom is 0.410 e. The minimum Gasteiger partial charge on any atom is -0.446 e. The average molecular weight is 778 g/mol. The van der Waals surface area contributed by atoms with Crippen molar-refractivity contribution < 1.29 is 29.3 Å². The molecule has 0 aliphatic heterocycles. The number of rotatable bonds is 11. The first-order valence-corrected chi connectivity index (χ1v) is 22.2. The van der Waals surface area contributed by atoms with Gasteiger partial charge in [0.05, 0.1) is 18.2 Å². The fraction of sp³-hybridized carbons (Fsp3) is 0.640. The number of amides is 1. The zero-order chi connectivity index (χ0) is 40.4. The maximum absolute atomic E-state index is 15.5. The van der Waals surface area contributed by atoms with Gasteiger partial charge in [-0.15, -0.1) is 0 Å². The summed E-state index contributed by atoms with van der Waals surface area (Å²) in [6, 6.07) is 18.2. The molecule has 1 amide bonds. The Morgan fingerprint density at radius 1 is 0.895 bits per heavy atom. The molecule has 0 radical (unpaired) electrons. The molecule has 4 fully saturated rings. The molecule has 7 aliphatic rings. The number of carbonyl (C=O) groups excluding carboxylic acids is 2. The van der Waals surface area contributed by atoms with E-state index < -0.39 is 27.9 Å². The molecule has 0 aromatic heterocycles. The number of methoxy groups -OCH3 is 1. The van der Waals surface area contributed by atoms with Gasteiger partial charge in [0.2, 0.25) is 0 Å². The largest absolute Gasteiger partial charge is 0.446 e. The highest BCUT2D eigenvalue weighted by Gasteiger charge is 2.74. The number of benzene rings is 2. The molecule has 7 nitrogen and oxygen atoms in total. The molecule has 4 saturated carbocycles. The number of nitrogens with zero attached hydrogens (tertiary/aromatic N) is 1. The third kappa shape index (κ3) is 6.39. The number of fused-ring (bicyclic) bond motifs is 1. The zero-order valence-corrected chi connectivity index (χ0v) is 35.3. The van der Waals surface area contributed by atoms with Gasteiger partial charge in [-0.25, -0.2) is 4.79 Å². The van der Waals surface area contributed by atoms with Crippen LogP contribution in [-0.2, 0) is 9.47 Å². The Morgan fingerprint density at radius 3 is 2.35 bits per heavy atom. The highest BCUT2D eigenvalue weighted by atomic mass is 16.6. The molecular formula is C50H67NO6. The normalized spacial score (nSPS) is 39.2. The minimum absolute atomic E-state index is 0.0209. The first-order valence-electron chi connectivity index (χ1n) is 22.2. The van der Waals surface area contributed by atoms with E-state index in [0.29, 0.717) is 55.7 Å².